The summed E-state index contributed by atoms with van der Waals surface area (Å²) < 4.78 is 4.20. The Morgan fingerprint density at radius 1 is 1.35 bits per heavy atom. The maximum atomic E-state index is 12.3. The number of piperidine rings is 1. The summed E-state index contributed by atoms with van der Waals surface area (Å²) in [5.74, 6) is 0.0204. The quantitative estimate of drug-likeness (QED) is 0.880. The molecule has 0 saturated carbocycles. The lowest BCUT2D eigenvalue weighted by atomic mass is 10.0. The number of amides is 2. The molecule has 110 valence electrons. The second-order valence-electron chi connectivity index (χ2n) is 4.98. The molecule has 0 spiro atoms. The Morgan fingerprint density at radius 3 is 2.55 bits per heavy atom. The topological polar surface area (TPSA) is 74.3 Å². The number of nitrogens with zero attached hydrogens (tertiary/aromatic N) is 2. The van der Waals surface area contributed by atoms with Gasteiger partial charge >= 0.3 is 0 Å². The van der Waals surface area contributed by atoms with Crippen LogP contribution in [0.5, 0.6) is 0 Å². The molecule has 1 aliphatic heterocycles. The van der Waals surface area contributed by atoms with Crippen molar-refractivity contribution in [2.24, 2.45) is 0 Å². The van der Waals surface area contributed by atoms with Crippen molar-refractivity contribution in [1.82, 2.24) is 14.6 Å². The number of aromatic nitrogens is 1. The highest BCUT2D eigenvalue weighted by molar-refractivity contribution is 7.10. The summed E-state index contributed by atoms with van der Waals surface area (Å²) in [5.41, 5.74) is 1.38. The minimum Gasteiger partial charge on any atom is -0.378 e. The normalized spacial score (nSPS) is 16.1. The Bertz CT molecular complexity index is 506. The van der Waals surface area contributed by atoms with E-state index in [1.807, 2.05) is 11.8 Å². The Hall–Kier alpha value is -1.63. The summed E-state index contributed by atoms with van der Waals surface area (Å²) in [7, 11) is 1.79. The molecule has 1 aromatic heterocycles. The van der Waals surface area contributed by atoms with Gasteiger partial charge in [-0.15, -0.1) is 0 Å². The van der Waals surface area contributed by atoms with Crippen molar-refractivity contribution >= 4 is 28.3 Å². The van der Waals surface area contributed by atoms with Gasteiger partial charge in [0.05, 0.1) is 11.3 Å². The molecule has 2 rings (SSSR count). The largest absolute Gasteiger partial charge is 0.378 e. The Morgan fingerprint density at radius 2 is 2.00 bits per heavy atom. The number of aryl methyl sites for hydroxylation is 1. The zero-order valence-electron chi connectivity index (χ0n) is 12.0. The molecular weight excluding hydrogens is 276 g/mol. The van der Waals surface area contributed by atoms with Gasteiger partial charge in [0.15, 0.2) is 0 Å². The van der Waals surface area contributed by atoms with Crippen LogP contribution in [0.3, 0.4) is 0 Å². The number of likely N-dealkylation sites (tertiary alicyclic amines) is 1. The van der Waals surface area contributed by atoms with Crippen LogP contribution < -0.4 is 10.6 Å². The summed E-state index contributed by atoms with van der Waals surface area (Å²) in [6, 6.07) is 0.127. The fourth-order valence-electron chi connectivity index (χ4n) is 2.40. The van der Waals surface area contributed by atoms with Crippen LogP contribution in [0.4, 0.5) is 5.00 Å². The fraction of sp³-hybridized carbons (Fsp3) is 0.615. The first-order valence-electron chi connectivity index (χ1n) is 6.73. The van der Waals surface area contributed by atoms with Crippen LogP contribution in [0.2, 0.25) is 0 Å². The lowest BCUT2D eigenvalue weighted by Gasteiger charge is -2.31. The predicted octanol–water partition coefficient (Wildman–Crippen LogP) is 1.23. The average molecular weight is 296 g/mol. The Balaban J connectivity index is 1.96. The van der Waals surface area contributed by atoms with E-state index in [9.17, 15) is 9.59 Å². The Labute approximate surface area is 122 Å². The van der Waals surface area contributed by atoms with Gasteiger partial charge in [-0.3, -0.25) is 9.59 Å². The molecule has 1 saturated heterocycles. The third kappa shape index (κ3) is 3.09. The number of hydrogen-bond donors (Lipinski definition) is 2. The molecule has 2 N–H and O–H groups in total. The number of carbonyl (C=O) groups excluding carboxylic acids is 2. The first-order chi connectivity index (χ1) is 9.52. The number of rotatable bonds is 3. The maximum absolute atomic E-state index is 12.3. The van der Waals surface area contributed by atoms with E-state index in [1.165, 1.54) is 11.5 Å². The van der Waals surface area contributed by atoms with Gasteiger partial charge in [0.2, 0.25) is 5.91 Å². The molecular formula is C13H20N4O2S. The van der Waals surface area contributed by atoms with Crippen molar-refractivity contribution in [2.45, 2.75) is 32.7 Å². The summed E-state index contributed by atoms with van der Waals surface area (Å²) in [5, 5.41) is 6.84. The highest BCUT2D eigenvalue weighted by Gasteiger charge is 2.24. The van der Waals surface area contributed by atoms with E-state index >= 15 is 0 Å². The molecule has 1 aromatic rings. The standard InChI is InChI=1S/C13H20N4O2S/c1-8-11(13(14-3)20-16-8)12(19)15-10-4-6-17(7-5-10)9(2)18/h10,14H,4-7H2,1-3H3,(H,15,19). The lowest BCUT2D eigenvalue weighted by Crippen LogP contribution is -2.46. The number of carbonyl (C=O) groups is 2. The first kappa shape index (κ1) is 14.8. The van der Waals surface area contributed by atoms with E-state index < -0.39 is 0 Å². The smallest absolute Gasteiger partial charge is 0.256 e. The van der Waals surface area contributed by atoms with Gasteiger partial charge in [-0.2, -0.15) is 4.37 Å². The summed E-state index contributed by atoms with van der Waals surface area (Å²) in [6.45, 7) is 4.84. The third-order valence-corrected chi connectivity index (χ3v) is 4.55. The Kier molecular flexibility index (Phi) is 4.59. The van der Waals surface area contributed by atoms with E-state index in [0.29, 0.717) is 18.7 Å². The van der Waals surface area contributed by atoms with Crippen molar-refractivity contribution in [2.75, 3.05) is 25.5 Å². The predicted molar refractivity (Wildman–Crippen MR) is 79.1 cm³/mol. The van der Waals surface area contributed by atoms with E-state index in [2.05, 4.69) is 15.0 Å². The van der Waals surface area contributed by atoms with Crippen LogP contribution in [-0.4, -0.2) is 47.3 Å². The van der Waals surface area contributed by atoms with E-state index in [-0.39, 0.29) is 17.9 Å². The highest BCUT2D eigenvalue weighted by Crippen LogP contribution is 2.24. The van der Waals surface area contributed by atoms with Crippen LogP contribution in [0.25, 0.3) is 0 Å². The fourth-order valence-corrected chi connectivity index (χ4v) is 3.15. The monoisotopic (exact) mass is 296 g/mol. The van der Waals surface area contributed by atoms with Crippen LogP contribution in [0, 0.1) is 6.92 Å². The molecule has 20 heavy (non-hydrogen) atoms. The summed E-state index contributed by atoms with van der Waals surface area (Å²) in [6.07, 6.45) is 1.60. The van der Waals surface area contributed by atoms with Crippen molar-refractivity contribution in [3.05, 3.63) is 11.3 Å². The van der Waals surface area contributed by atoms with Crippen molar-refractivity contribution in [3.63, 3.8) is 0 Å². The SMILES string of the molecule is CNc1snc(C)c1C(=O)NC1CCN(C(C)=O)CC1. The maximum Gasteiger partial charge on any atom is 0.256 e. The number of nitrogens with one attached hydrogen (secondary N) is 2. The molecule has 0 aromatic carbocycles. The summed E-state index contributed by atoms with van der Waals surface area (Å²) >= 11 is 1.30. The molecule has 0 atom stereocenters. The van der Waals surface area contributed by atoms with E-state index in [0.717, 1.165) is 23.5 Å². The number of hydrogen-bond acceptors (Lipinski definition) is 5. The zero-order valence-corrected chi connectivity index (χ0v) is 12.8. The van der Waals surface area contributed by atoms with Gasteiger partial charge in [0.1, 0.15) is 5.00 Å². The lowest BCUT2D eigenvalue weighted by molar-refractivity contribution is -0.129. The van der Waals surface area contributed by atoms with Crippen molar-refractivity contribution in [3.8, 4) is 0 Å². The third-order valence-electron chi connectivity index (χ3n) is 3.59. The van der Waals surface area contributed by atoms with Gasteiger partial charge in [-0.25, -0.2) is 0 Å². The van der Waals surface area contributed by atoms with Crippen molar-refractivity contribution in [1.29, 1.82) is 0 Å². The molecule has 0 unspecified atom stereocenters. The van der Waals surface area contributed by atoms with Crippen LogP contribution >= 0.6 is 11.5 Å². The minimum atomic E-state index is -0.0816. The van der Waals surface area contributed by atoms with Gasteiger partial charge < -0.3 is 15.5 Å². The average Bonchev–Trinajstić information content (AvgIpc) is 2.80. The van der Waals surface area contributed by atoms with Gasteiger partial charge in [-0.05, 0) is 31.3 Å². The van der Waals surface area contributed by atoms with E-state index in [4.69, 9.17) is 0 Å². The highest BCUT2D eigenvalue weighted by atomic mass is 32.1. The molecule has 0 bridgehead atoms. The molecule has 0 radical (unpaired) electrons. The molecule has 1 fully saturated rings. The van der Waals surface area contributed by atoms with Gasteiger partial charge in [-0.1, -0.05) is 0 Å². The summed E-state index contributed by atoms with van der Waals surface area (Å²) in [4.78, 5) is 25.4. The van der Waals surface area contributed by atoms with Crippen LogP contribution in [0.15, 0.2) is 0 Å². The first-order valence-corrected chi connectivity index (χ1v) is 7.50. The zero-order chi connectivity index (χ0) is 14.7. The van der Waals surface area contributed by atoms with Crippen LogP contribution in [-0.2, 0) is 4.79 Å². The minimum absolute atomic E-state index is 0.0816. The molecule has 0 aliphatic carbocycles. The molecule has 2 amide bonds. The van der Waals surface area contributed by atoms with Gasteiger partial charge in [0, 0.05) is 33.1 Å². The molecule has 6 nitrogen and oxygen atoms in total. The number of anilines is 1. The van der Waals surface area contributed by atoms with Crippen LogP contribution in [0.1, 0.15) is 35.8 Å². The second kappa shape index (κ2) is 6.21. The second-order valence-corrected chi connectivity index (χ2v) is 5.75. The van der Waals surface area contributed by atoms with E-state index in [1.54, 1.807) is 14.0 Å². The molecule has 1 aliphatic rings. The van der Waals surface area contributed by atoms with Gasteiger partial charge in [0.25, 0.3) is 5.91 Å². The molecule has 2 heterocycles. The molecule has 7 heteroatoms. The van der Waals surface area contributed by atoms with Crippen molar-refractivity contribution < 1.29 is 9.59 Å².